The van der Waals surface area contributed by atoms with Gasteiger partial charge in [0.05, 0.1) is 17.4 Å². The molecule has 9 heteroatoms. The lowest BCUT2D eigenvalue weighted by atomic mass is 9.73. The number of fused-ring (bicyclic) bond motifs is 2. The molecule has 3 aliphatic heterocycles. The van der Waals surface area contributed by atoms with Crippen LogP contribution in [0.2, 0.25) is 0 Å². The molecule has 0 amide bonds. The second-order valence-electron chi connectivity index (χ2n) is 13.2. The summed E-state index contributed by atoms with van der Waals surface area (Å²) in [4.78, 5) is 16.7. The van der Waals surface area contributed by atoms with Crippen molar-refractivity contribution in [1.29, 1.82) is 0 Å². The molecule has 2 aromatic rings. The third kappa shape index (κ3) is 5.31. The lowest BCUT2D eigenvalue weighted by molar-refractivity contribution is 0.0954. The number of nitrogens with one attached hydrogen (secondary N) is 3. The molecule has 1 aromatic heterocycles. The number of imidazole rings is 1. The highest BCUT2D eigenvalue weighted by Crippen LogP contribution is 2.45. The number of phenols is 1. The fraction of sp³-hybridized carbons (Fsp3) is 0.710. The van der Waals surface area contributed by atoms with E-state index in [-0.39, 0.29) is 11.8 Å². The largest absolute Gasteiger partial charge is 0.505 e. The molecule has 6 rings (SSSR count). The van der Waals surface area contributed by atoms with E-state index in [2.05, 4.69) is 65.4 Å². The summed E-state index contributed by atoms with van der Waals surface area (Å²) in [5.41, 5.74) is 11.8. The number of likely N-dealkylation sites (N-methyl/N-ethyl adjacent to an activating group) is 1. The fourth-order valence-corrected chi connectivity index (χ4v) is 7.96. The van der Waals surface area contributed by atoms with E-state index in [0.29, 0.717) is 36.0 Å². The van der Waals surface area contributed by atoms with Gasteiger partial charge in [-0.2, -0.15) is 0 Å². The minimum absolute atomic E-state index is 0.157. The van der Waals surface area contributed by atoms with Crippen molar-refractivity contribution in [3.05, 3.63) is 46.3 Å². The van der Waals surface area contributed by atoms with E-state index in [1.54, 1.807) is 12.1 Å². The molecule has 40 heavy (non-hydrogen) atoms. The van der Waals surface area contributed by atoms with Crippen LogP contribution >= 0.6 is 0 Å². The number of hydrogen-bond donors (Lipinski definition) is 4. The molecule has 0 bridgehead atoms. The second-order valence-corrected chi connectivity index (χ2v) is 13.2. The number of aromatic amines is 1. The van der Waals surface area contributed by atoms with Crippen LogP contribution in [0.4, 0.5) is 4.39 Å². The summed E-state index contributed by atoms with van der Waals surface area (Å²) < 4.78 is 14.3. The van der Waals surface area contributed by atoms with Crippen molar-refractivity contribution in [2.24, 2.45) is 5.92 Å². The Morgan fingerprint density at radius 3 is 2.73 bits per heavy atom. The normalized spacial score (nSPS) is 31.3. The van der Waals surface area contributed by atoms with Crippen LogP contribution in [0.25, 0.3) is 0 Å². The van der Waals surface area contributed by atoms with Crippen LogP contribution in [-0.2, 0) is 19.4 Å². The fourth-order valence-electron chi connectivity index (χ4n) is 7.96. The number of benzene rings is 1. The summed E-state index contributed by atoms with van der Waals surface area (Å²) in [5.74, 6) is 1.05. The van der Waals surface area contributed by atoms with Crippen LogP contribution in [0.15, 0.2) is 12.1 Å². The quantitative estimate of drug-likeness (QED) is 0.416. The van der Waals surface area contributed by atoms with Gasteiger partial charge in [0.25, 0.3) is 0 Å². The van der Waals surface area contributed by atoms with Gasteiger partial charge in [0.15, 0.2) is 11.6 Å². The highest BCUT2D eigenvalue weighted by atomic mass is 19.1. The van der Waals surface area contributed by atoms with Crippen molar-refractivity contribution in [3.63, 3.8) is 0 Å². The van der Waals surface area contributed by atoms with E-state index in [1.165, 1.54) is 24.4 Å². The topological polar surface area (TPSA) is 82.7 Å². The summed E-state index contributed by atoms with van der Waals surface area (Å²) in [6.45, 7) is 11.1. The van der Waals surface area contributed by atoms with Gasteiger partial charge in [0.2, 0.25) is 0 Å². The van der Waals surface area contributed by atoms with Gasteiger partial charge in [-0.3, -0.25) is 10.3 Å². The Labute approximate surface area is 238 Å². The lowest BCUT2D eigenvalue weighted by Crippen LogP contribution is -2.50. The zero-order valence-corrected chi connectivity index (χ0v) is 24.9. The molecule has 1 aliphatic carbocycles. The van der Waals surface area contributed by atoms with Crippen LogP contribution in [0.5, 0.6) is 5.75 Å². The molecule has 2 saturated heterocycles. The first-order chi connectivity index (χ1) is 19.2. The van der Waals surface area contributed by atoms with Crippen molar-refractivity contribution in [3.8, 4) is 5.75 Å². The molecule has 4 aliphatic rings. The second kappa shape index (κ2) is 11.3. The Morgan fingerprint density at radius 2 is 2.00 bits per heavy atom. The number of aromatic hydroxyl groups is 1. The number of rotatable bonds is 7. The minimum Gasteiger partial charge on any atom is -0.505 e. The van der Waals surface area contributed by atoms with Crippen LogP contribution in [0.3, 0.4) is 0 Å². The number of nitrogens with zero attached hydrogens (tertiary/aromatic N) is 4. The maximum Gasteiger partial charge on any atom is 0.165 e. The maximum atomic E-state index is 14.3. The number of likely N-dealkylation sites (tertiary alicyclic amines) is 1. The van der Waals surface area contributed by atoms with Gasteiger partial charge in [0, 0.05) is 50.2 Å². The van der Waals surface area contributed by atoms with Crippen LogP contribution in [0, 0.1) is 11.7 Å². The van der Waals surface area contributed by atoms with E-state index in [0.717, 1.165) is 68.7 Å². The molecular weight excluding hydrogens is 505 g/mol. The summed E-state index contributed by atoms with van der Waals surface area (Å²) in [6, 6.07) is 5.29. The molecule has 220 valence electrons. The Balaban J connectivity index is 1.14. The SMILES string of the molecule is CCc1cc(O)c(F)cc1C1CCC2C(C1)NNC2c1nc2c([nH]1)CN(C(C)C)[C@H](CN1CC[C@H](N(C)C)C1)C2. The zero-order valence-electron chi connectivity index (χ0n) is 24.9. The predicted octanol–water partition coefficient (Wildman–Crippen LogP) is 3.69. The number of aryl methyl sites for hydroxylation is 1. The van der Waals surface area contributed by atoms with Crippen molar-refractivity contribution in [1.82, 2.24) is 35.5 Å². The van der Waals surface area contributed by atoms with Gasteiger partial charge in [-0.25, -0.2) is 14.8 Å². The smallest absolute Gasteiger partial charge is 0.165 e. The first-order valence-electron chi connectivity index (χ1n) is 15.5. The van der Waals surface area contributed by atoms with E-state index >= 15 is 0 Å². The van der Waals surface area contributed by atoms with Gasteiger partial charge in [0.1, 0.15) is 5.82 Å². The average Bonchev–Trinajstić information content (AvgIpc) is 3.67. The molecule has 6 atom stereocenters. The number of hydrogen-bond acceptors (Lipinski definition) is 7. The first kappa shape index (κ1) is 28.1. The van der Waals surface area contributed by atoms with Crippen molar-refractivity contribution >= 4 is 0 Å². The molecule has 0 spiro atoms. The van der Waals surface area contributed by atoms with Crippen molar-refractivity contribution in [2.75, 3.05) is 33.7 Å². The van der Waals surface area contributed by atoms with Crippen LogP contribution < -0.4 is 10.9 Å². The third-order valence-electron chi connectivity index (χ3n) is 10.3. The molecule has 0 radical (unpaired) electrons. The summed E-state index contributed by atoms with van der Waals surface area (Å²) >= 11 is 0. The van der Waals surface area contributed by atoms with Gasteiger partial charge < -0.3 is 19.9 Å². The summed E-state index contributed by atoms with van der Waals surface area (Å²) in [7, 11) is 4.40. The number of hydrazine groups is 1. The number of H-pyrrole nitrogens is 1. The van der Waals surface area contributed by atoms with Crippen molar-refractivity contribution < 1.29 is 9.50 Å². The van der Waals surface area contributed by atoms with E-state index in [4.69, 9.17) is 4.98 Å². The number of phenolic OH excluding ortho intramolecular Hbond substituents is 1. The molecule has 3 fully saturated rings. The zero-order chi connectivity index (χ0) is 28.1. The van der Waals surface area contributed by atoms with Crippen LogP contribution in [0.1, 0.15) is 86.8 Å². The van der Waals surface area contributed by atoms with Gasteiger partial charge in [-0.05, 0) is 102 Å². The first-order valence-corrected chi connectivity index (χ1v) is 15.5. The standard InChI is InChI=1S/C31H48FN7O/c1-6-19-12-29(40)25(32)14-24(19)20-7-8-23-26(11-20)35-36-30(23)31-33-27-13-22(39(18(2)3)17-28(27)34-31)16-38-10-9-21(15-38)37(4)5/h12,14,18,20-23,26,30,35-36,40H,6-11,13,15-17H2,1-5H3,(H,33,34)/t20?,21-,22-,23?,26?,30?/m0/s1. The lowest BCUT2D eigenvalue weighted by Gasteiger charge is -2.39. The van der Waals surface area contributed by atoms with E-state index < -0.39 is 5.82 Å². The Bertz CT molecular complexity index is 1200. The van der Waals surface area contributed by atoms with Gasteiger partial charge >= 0.3 is 0 Å². The average molecular weight is 554 g/mol. The van der Waals surface area contributed by atoms with E-state index in [9.17, 15) is 9.50 Å². The maximum absolute atomic E-state index is 14.3. The highest BCUT2D eigenvalue weighted by Gasteiger charge is 2.44. The predicted molar refractivity (Wildman–Crippen MR) is 156 cm³/mol. The molecule has 4 N–H and O–H groups in total. The molecule has 4 heterocycles. The van der Waals surface area contributed by atoms with Gasteiger partial charge in [-0.1, -0.05) is 6.92 Å². The van der Waals surface area contributed by atoms with Crippen molar-refractivity contribution in [2.45, 2.75) is 102 Å². The van der Waals surface area contributed by atoms with E-state index in [1.807, 2.05) is 0 Å². The number of aromatic nitrogens is 2. The Morgan fingerprint density at radius 1 is 1.18 bits per heavy atom. The Kier molecular flexibility index (Phi) is 7.96. The molecule has 4 unspecified atom stereocenters. The van der Waals surface area contributed by atoms with Crippen LogP contribution in [-0.4, -0.2) is 87.7 Å². The summed E-state index contributed by atoms with van der Waals surface area (Å²) in [5, 5.41) is 9.88. The molecule has 1 saturated carbocycles. The molecule has 1 aromatic carbocycles. The summed E-state index contributed by atoms with van der Waals surface area (Å²) in [6.07, 6.45) is 6.08. The minimum atomic E-state index is -0.512. The third-order valence-corrected chi connectivity index (χ3v) is 10.3. The highest BCUT2D eigenvalue weighted by molar-refractivity contribution is 5.39. The molecular formula is C31H48FN7O. The van der Waals surface area contributed by atoms with Gasteiger partial charge in [-0.15, -0.1) is 0 Å². The monoisotopic (exact) mass is 553 g/mol. The number of halogens is 1. The Hall–Kier alpha value is -2.04. The molecule has 8 nitrogen and oxygen atoms in total.